The summed E-state index contributed by atoms with van der Waals surface area (Å²) in [5, 5.41) is 12.5. The monoisotopic (exact) mass is 348 g/mol. The Morgan fingerprint density at radius 3 is 2.41 bits per heavy atom. The fourth-order valence-corrected chi connectivity index (χ4v) is 2.05. The lowest BCUT2D eigenvalue weighted by Gasteiger charge is -2.32. The van der Waals surface area contributed by atoms with Crippen LogP contribution in [0.15, 0.2) is 18.2 Å². The zero-order valence-electron chi connectivity index (χ0n) is 12.4. The fourth-order valence-electron chi connectivity index (χ4n) is 1.68. The van der Waals surface area contributed by atoms with Gasteiger partial charge in [0.05, 0.1) is 5.54 Å². The van der Waals surface area contributed by atoms with Gasteiger partial charge >= 0.3 is 5.97 Å². The number of halogens is 2. The van der Waals surface area contributed by atoms with Crippen LogP contribution in [0.5, 0.6) is 0 Å². The predicted molar refractivity (Wildman–Crippen MR) is 84.0 cm³/mol. The molecule has 1 aromatic rings. The number of carbonyl (C=O) groups is 2. The standard InChI is InChI=1S/C14H18Cl2N2O4/c1-13(2,17)11(19)18-14(22-3,12(20)21)7-8-6-9(15)4-5-10(8)16/h4-6H,7,17H2,1-3H3,(H,18,19)(H,20,21)/t14-/m1/s1. The molecule has 0 fully saturated rings. The summed E-state index contributed by atoms with van der Waals surface area (Å²) in [5.41, 5.74) is 2.84. The molecular formula is C14H18Cl2N2O4. The molecule has 0 saturated carbocycles. The molecule has 0 bridgehead atoms. The molecule has 22 heavy (non-hydrogen) atoms. The van der Waals surface area contributed by atoms with Crippen molar-refractivity contribution in [3.05, 3.63) is 33.8 Å². The van der Waals surface area contributed by atoms with E-state index < -0.39 is 23.1 Å². The Morgan fingerprint density at radius 1 is 1.36 bits per heavy atom. The summed E-state index contributed by atoms with van der Waals surface area (Å²) in [6, 6.07) is 4.63. The molecule has 8 heteroatoms. The van der Waals surface area contributed by atoms with Crippen LogP contribution in [0.4, 0.5) is 0 Å². The second-order valence-electron chi connectivity index (χ2n) is 5.42. The van der Waals surface area contributed by atoms with Gasteiger partial charge in [0, 0.05) is 23.6 Å². The van der Waals surface area contributed by atoms with Crippen LogP contribution in [-0.2, 0) is 20.7 Å². The average molecular weight is 349 g/mol. The summed E-state index contributed by atoms with van der Waals surface area (Å²) in [6.07, 6.45) is -0.208. The summed E-state index contributed by atoms with van der Waals surface area (Å²) in [7, 11) is 1.18. The Hall–Kier alpha value is -1.34. The molecule has 0 aliphatic carbocycles. The zero-order chi connectivity index (χ0) is 17.1. The van der Waals surface area contributed by atoms with Crippen LogP contribution in [0.1, 0.15) is 19.4 Å². The van der Waals surface area contributed by atoms with Crippen LogP contribution in [0, 0.1) is 0 Å². The molecule has 1 amide bonds. The molecule has 122 valence electrons. The third-order valence-electron chi connectivity index (χ3n) is 3.04. The molecule has 1 rings (SSSR count). The molecule has 0 aromatic heterocycles. The van der Waals surface area contributed by atoms with Crippen molar-refractivity contribution in [1.82, 2.24) is 5.32 Å². The largest absolute Gasteiger partial charge is 0.478 e. The third-order valence-corrected chi connectivity index (χ3v) is 3.65. The number of nitrogens with two attached hydrogens (primary N) is 1. The van der Waals surface area contributed by atoms with E-state index in [1.807, 2.05) is 0 Å². The number of carboxylic acid groups (broad SMARTS) is 1. The summed E-state index contributed by atoms with van der Waals surface area (Å²) in [5.74, 6) is -2.04. The molecule has 0 aliphatic rings. The van der Waals surface area contributed by atoms with E-state index in [2.05, 4.69) is 5.32 Å². The number of hydrogen-bond acceptors (Lipinski definition) is 4. The van der Waals surface area contributed by atoms with Gasteiger partial charge in [-0.15, -0.1) is 0 Å². The highest BCUT2D eigenvalue weighted by molar-refractivity contribution is 6.33. The summed E-state index contributed by atoms with van der Waals surface area (Å²) >= 11 is 11.9. The second-order valence-corrected chi connectivity index (χ2v) is 6.27. The SMILES string of the molecule is CO[C@@](Cc1cc(Cl)ccc1Cl)(NC(=O)C(C)(C)N)C(=O)O. The van der Waals surface area contributed by atoms with E-state index >= 15 is 0 Å². The molecular weight excluding hydrogens is 331 g/mol. The Kier molecular flexibility index (Phi) is 5.81. The molecule has 0 radical (unpaired) electrons. The van der Waals surface area contributed by atoms with Gasteiger partial charge in [-0.05, 0) is 37.6 Å². The van der Waals surface area contributed by atoms with Gasteiger partial charge < -0.3 is 20.9 Å². The molecule has 4 N–H and O–H groups in total. The Bertz CT molecular complexity index is 587. The Labute approximate surface area is 138 Å². The van der Waals surface area contributed by atoms with Crippen LogP contribution in [-0.4, -0.2) is 35.4 Å². The quantitative estimate of drug-likeness (QED) is 0.680. The lowest BCUT2D eigenvalue weighted by atomic mass is 9.99. The van der Waals surface area contributed by atoms with E-state index in [4.69, 9.17) is 33.7 Å². The number of ether oxygens (including phenoxy) is 1. The lowest BCUT2D eigenvalue weighted by Crippen LogP contribution is -2.63. The highest BCUT2D eigenvalue weighted by Gasteiger charge is 2.43. The lowest BCUT2D eigenvalue weighted by molar-refractivity contribution is -0.170. The van der Waals surface area contributed by atoms with Gasteiger partial charge in [0.15, 0.2) is 0 Å². The second kappa shape index (κ2) is 6.83. The van der Waals surface area contributed by atoms with Crippen molar-refractivity contribution in [3.8, 4) is 0 Å². The van der Waals surface area contributed by atoms with E-state index in [1.54, 1.807) is 6.07 Å². The van der Waals surface area contributed by atoms with Crippen molar-refractivity contribution in [2.75, 3.05) is 7.11 Å². The van der Waals surface area contributed by atoms with E-state index in [0.717, 1.165) is 0 Å². The number of amides is 1. The molecule has 0 saturated heterocycles. The first-order chi connectivity index (χ1) is 10.0. The van der Waals surface area contributed by atoms with Crippen LogP contribution in [0.2, 0.25) is 10.0 Å². The normalized spacial score (nSPS) is 14.3. The molecule has 1 atom stereocenters. The molecule has 0 aliphatic heterocycles. The Morgan fingerprint density at radius 2 is 1.95 bits per heavy atom. The molecule has 6 nitrogen and oxygen atoms in total. The summed E-state index contributed by atoms with van der Waals surface area (Å²) in [6.45, 7) is 2.91. The van der Waals surface area contributed by atoms with Crippen LogP contribution in [0.25, 0.3) is 0 Å². The van der Waals surface area contributed by atoms with Gasteiger partial charge in [-0.25, -0.2) is 4.79 Å². The first-order valence-electron chi connectivity index (χ1n) is 6.36. The third kappa shape index (κ3) is 4.33. The smallest absolute Gasteiger partial charge is 0.357 e. The zero-order valence-corrected chi connectivity index (χ0v) is 14.0. The van der Waals surface area contributed by atoms with Gasteiger partial charge in [-0.1, -0.05) is 23.2 Å². The van der Waals surface area contributed by atoms with Crippen molar-refractivity contribution in [2.24, 2.45) is 5.73 Å². The first-order valence-corrected chi connectivity index (χ1v) is 7.11. The first kappa shape index (κ1) is 18.7. The number of carboxylic acids is 1. The average Bonchev–Trinajstić information content (AvgIpc) is 2.40. The minimum atomic E-state index is -2.00. The molecule has 0 unspecified atom stereocenters. The number of nitrogens with one attached hydrogen (secondary N) is 1. The highest BCUT2D eigenvalue weighted by atomic mass is 35.5. The fraction of sp³-hybridized carbons (Fsp3) is 0.429. The minimum absolute atomic E-state index is 0.208. The number of benzene rings is 1. The van der Waals surface area contributed by atoms with Crippen molar-refractivity contribution in [2.45, 2.75) is 31.5 Å². The maximum absolute atomic E-state index is 12.0. The van der Waals surface area contributed by atoms with E-state index in [9.17, 15) is 14.7 Å². The van der Waals surface area contributed by atoms with Gasteiger partial charge in [-0.2, -0.15) is 0 Å². The molecule has 1 aromatic carbocycles. The number of carbonyl (C=O) groups excluding carboxylic acids is 1. The predicted octanol–water partition coefficient (Wildman–Crippen LogP) is 1.82. The minimum Gasteiger partial charge on any atom is -0.478 e. The van der Waals surface area contributed by atoms with Crippen molar-refractivity contribution in [1.29, 1.82) is 0 Å². The van der Waals surface area contributed by atoms with Gasteiger partial charge in [0.1, 0.15) is 0 Å². The van der Waals surface area contributed by atoms with Crippen molar-refractivity contribution in [3.63, 3.8) is 0 Å². The topological polar surface area (TPSA) is 102 Å². The van der Waals surface area contributed by atoms with E-state index in [1.165, 1.54) is 33.1 Å². The van der Waals surface area contributed by atoms with Gasteiger partial charge in [0.2, 0.25) is 11.6 Å². The van der Waals surface area contributed by atoms with Crippen LogP contribution < -0.4 is 11.1 Å². The van der Waals surface area contributed by atoms with Gasteiger partial charge in [-0.3, -0.25) is 4.79 Å². The van der Waals surface area contributed by atoms with E-state index in [0.29, 0.717) is 15.6 Å². The maximum atomic E-state index is 12.0. The van der Waals surface area contributed by atoms with Crippen LogP contribution >= 0.6 is 23.2 Å². The summed E-state index contributed by atoms with van der Waals surface area (Å²) < 4.78 is 5.08. The number of rotatable bonds is 6. The number of hydrogen-bond donors (Lipinski definition) is 3. The van der Waals surface area contributed by atoms with Crippen molar-refractivity contribution < 1.29 is 19.4 Å². The van der Waals surface area contributed by atoms with Crippen LogP contribution in [0.3, 0.4) is 0 Å². The summed E-state index contributed by atoms with van der Waals surface area (Å²) in [4.78, 5) is 23.7. The molecule has 0 spiro atoms. The molecule has 0 heterocycles. The van der Waals surface area contributed by atoms with Gasteiger partial charge in [0.25, 0.3) is 0 Å². The number of methoxy groups -OCH3 is 1. The van der Waals surface area contributed by atoms with Crippen molar-refractivity contribution >= 4 is 35.1 Å². The highest BCUT2D eigenvalue weighted by Crippen LogP contribution is 2.26. The Balaban J connectivity index is 3.20. The van der Waals surface area contributed by atoms with E-state index in [-0.39, 0.29) is 6.42 Å². The number of aliphatic carboxylic acids is 1. The maximum Gasteiger partial charge on any atom is 0.357 e.